The third-order valence-corrected chi connectivity index (χ3v) is 6.67. The topological polar surface area (TPSA) is 107 Å². The van der Waals surface area contributed by atoms with Crippen molar-refractivity contribution < 1.29 is 41.3 Å². The number of alkyl halides is 3. The lowest BCUT2D eigenvalue weighted by Gasteiger charge is -2.34. The number of rotatable bonds is 6. The molecule has 7 nitrogen and oxygen atoms in total. The molecule has 1 saturated heterocycles. The summed E-state index contributed by atoms with van der Waals surface area (Å²) in [5.74, 6) is -7.11. The monoisotopic (exact) mass is 501 g/mol. The first-order valence-electron chi connectivity index (χ1n) is 10.9. The van der Waals surface area contributed by atoms with E-state index in [0.29, 0.717) is 12.8 Å². The molecule has 4 N–H and O–H groups in total. The normalized spacial score (nSPS) is 27.5. The lowest BCUT2D eigenvalue weighted by Crippen LogP contribution is -2.49. The highest BCUT2D eigenvalue weighted by atomic mass is 19.4. The first kappa shape index (κ1) is 25.3. The molecule has 2 heterocycles. The van der Waals surface area contributed by atoms with E-state index in [1.807, 2.05) is 0 Å². The van der Waals surface area contributed by atoms with E-state index in [1.54, 1.807) is 0 Å². The van der Waals surface area contributed by atoms with Crippen LogP contribution in [0.3, 0.4) is 0 Å². The highest BCUT2D eigenvalue weighted by Crippen LogP contribution is 2.62. The third-order valence-electron chi connectivity index (χ3n) is 6.67. The number of anilines is 1. The summed E-state index contributed by atoms with van der Waals surface area (Å²) in [5, 5.41) is 12.0. The first-order chi connectivity index (χ1) is 16.4. The van der Waals surface area contributed by atoms with Crippen molar-refractivity contribution in [1.29, 1.82) is 0 Å². The maximum atomic E-state index is 14.6. The molecule has 0 bridgehead atoms. The average Bonchev–Trinajstić information content (AvgIpc) is 3.57. The van der Waals surface area contributed by atoms with Crippen LogP contribution in [-0.4, -0.2) is 41.0 Å². The minimum atomic E-state index is -4.85. The maximum Gasteiger partial charge on any atom is 0.417 e. The van der Waals surface area contributed by atoms with E-state index in [4.69, 9.17) is 15.2 Å². The quantitative estimate of drug-likeness (QED) is 0.411. The zero-order valence-electron chi connectivity index (χ0n) is 18.8. The molecule has 1 aliphatic carbocycles. The Morgan fingerprint density at radius 3 is 2.57 bits per heavy atom. The van der Waals surface area contributed by atoms with Gasteiger partial charge >= 0.3 is 6.18 Å². The van der Waals surface area contributed by atoms with Crippen LogP contribution in [0.4, 0.5) is 27.6 Å². The van der Waals surface area contributed by atoms with Gasteiger partial charge in [0, 0.05) is 29.3 Å². The molecule has 5 atom stereocenters. The number of aliphatic hydroxyl groups is 1. The van der Waals surface area contributed by atoms with Gasteiger partial charge in [0.25, 0.3) is 5.91 Å². The number of methoxy groups -OCH3 is 1. The highest BCUT2D eigenvalue weighted by Gasteiger charge is 2.70. The Morgan fingerprint density at radius 2 is 2.00 bits per heavy atom. The Labute approximate surface area is 197 Å². The number of nitrogens with one attached hydrogen (secondary N) is 1. The van der Waals surface area contributed by atoms with Crippen LogP contribution < -0.4 is 15.8 Å². The summed E-state index contributed by atoms with van der Waals surface area (Å²) in [6.07, 6.45) is -5.82. The summed E-state index contributed by atoms with van der Waals surface area (Å²) in [5.41, 5.74) is 2.69. The molecule has 1 aromatic carbocycles. The zero-order chi connectivity index (χ0) is 25.7. The highest BCUT2D eigenvalue weighted by molar-refractivity contribution is 5.95. The number of pyridine rings is 1. The number of aliphatic hydroxyl groups excluding tert-OH is 1. The first-order valence-corrected chi connectivity index (χ1v) is 10.9. The van der Waals surface area contributed by atoms with E-state index in [0.717, 1.165) is 26.2 Å². The summed E-state index contributed by atoms with van der Waals surface area (Å²) in [4.78, 5) is 17.2. The van der Waals surface area contributed by atoms with Gasteiger partial charge in [0.05, 0.1) is 12.8 Å². The number of carbonyl (C=O) groups excluding carboxylic acids is 1. The van der Waals surface area contributed by atoms with Gasteiger partial charge in [0.2, 0.25) is 5.82 Å². The predicted molar refractivity (Wildman–Crippen MR) is 113 cm³/mol. The molecule has 190 valence electrons. The number of ether oxygens (including phenoxy) is 2. The molecular weight excluding hydrogens is 477 g/mol. The van der Waals surface area contributed by atoms with Crippen molar-refractivity contribution in [2.75, 3.05) is 12.4 Å². The van der Waals surface area contributed by atoms with E-state index >= 15 is 0 Å². The van der Waals surface area contributed by atoms with E-state index in [-0.39, 0.29) is 16.9 Å². The second-order valence-corrected chi connectivity index (χ2v) is 8.92. The van der Waals surface area contributed by atoms with Crippen LogP contribution in [0.25, 0.3) is 0 Å². The summed E-state index contributed by atoms with van der Waals surface area (Å²) in [6, 6.07) is 4.52. The van der Waals surface area contributed by atoms with Gasteiger partial charge in [-0.2, -0.15) is 17.6 Å². The standard InChI is InChI=1S/C23H24F5N3O4/c1-22(23(26,27)28)16(10-3-4-10)15(12-5-6-13(24)17(25)18(12)34-2)19(35-22)21(33)31-11-7-8-30-14(9-11)20(29)32/h5-10,15-16,19-20,32H,3-4,29H2,1-2H3,(H,30,31,33)/t15-,16+,19-,20?,22-/m1/s1. The Morgan fingerprint density at radius 1 is 1.31 bits per heavy atom. The van der Waals surface area contributed by atoms with Gasteiger partial charge in [0.15, 0.2) is 17.2 Å². The van der Waals surface area contributed by atoms with Gasteiger partial charge < -0.3 is 25.6 Å². The van der Waals surface area contributed by atoms with E-state index in [1.165, 1.54) is 18.3 Å². The molecule has 4 rings (SSSR count). The van der Waals surface area contributed by atoms with Crippen molar-refractivity contribution in [3.05, 3.63) is 53.4 Å². The smallest absolute Gasteiger partial charge is 0.417 e. The summed E-state index contributed by atoms with van der Waals surface area (Å²) in [6.45, 7) is 0.873. The molecule has 2 fully saturated rings. The second-order valence-electron chi connectivity index (χ2n) is 8.92. The molecular formula is C23H24F5N3O4. The van der Waals surface area contributed by atoms with Crippen molar-refractivity contribution in [2.24, 2.45) is 17.6 Å². The van der Waals surface area contributed by atoms with Crippen molar-refractivity contribution in [2.45, 2.75) is 49.8 Å². The summed E-state index contributed by atoms with van der Waals surface area (Å²) >= 11 is 0. The van der Waals surface area contributed by atoms with Crippen LogP contribution in [0.1, 0.15) is 43.2 Å². The third kappa shape index (κ3) is 4.45. The SMILES string of the molecule is COc1c([C@H]2[C@H](C(=O)Nc3ccnc(C(N)O)c3)O[C@@](C)(C(F)(F)F)[C@H]2C2CC2)ccc(F)c1F. The summed E-state index contributed by atoms with van der Waals surface area (Å²) < 4.78 is 82.0. The molecule has 0 radical (unpaired) electrons. The number of benzene rings is 1. The molecule has 2 aliphatic rings. The van der Waals surface area contributed by atoms with Crippen LogP contribution in [0, 0.1) is 23.5 Å². The Hall–Kier alpha value is -2.83. The second kappa shape index (κ2) is 8.99. The van der Waals surface area contributed by atoms with Gasteiger partial charge in [-0.05, 0) is 43.9 Å². The van der Waals surface area contributed by atoms with E-state index < -0.39 is 65.2 Å². The Kier molecular flexibility index (Phi) is 6.49. The van der Waals surface area contributed by atoms with Crippen LogP contribution >= 0.6 is 0 Å². The fraction of sp³-hybridized carbons (Fsp3) is 0.478. The van der Waals surface area contributed by atoms with E-state index in [9.17, 15) is 31.9 Å². The number of nitrogens with zero attached hydrogens (tertiary/aromatic N) is 1. The van der Waals surface area contributed by atoms with Crippen LogP contribution in [0.2, 0.25) is 0 Å². The molecule has 1 aliphatic heterocycles. The molecule has 1 unspecified atom stereocenters. The van der Waals surface area contributed by atoms with E-state index in [2.05, 4.69) is 10.3 Å². The molecule has 2 aromatic rings. The fourth-order valence-corrected chi connectivity index (χ4v) is 4.89. The largest absolute Gasteiger partial charge is 0.493 e. The zero-order valence-corrected chi connectivity index (χ0v) is 18.8. The van der Waals surface area contributed by atoms with Gasteiger partial charge in [-0.1, -0.05) is 6.07 Å². The molecule has 1 aromatic heterocycles. The molecule has 35 heavy (non-hydrogen) atoms. The maximum absolute atomic E-state index is 14.6. The number of halogens is 5. The minimum Gasteiger partial charge on any atom is -0.493 e. The Bertz CT molecular complexity index is 1120. The van der Waals surface area contributed by atoms with Gasteiger partial charge in [-0.25, -0.2) is 4.39 Å². The minimum absolute atomic E-state index is 0.0185. The molecule has 1 saturated carbocycles. The molecule has 12 heteroatoms. The summed E-state index contributed by atoms with van der Waals surface area (Å²) in [7, 11) is 1.07. The van der Waals surface area contributed by atoms with Crippen LogP contribution in [-0.2, 0) is 9.53 Å². The van der Waals surface area contributed by atoms with Crippen LogP contribution in [0.5, 0.6) is 5.75 Å². The van der Waals surface area contributed by atoms with Crippen molar-refractivity contribution in [1.82, 2.24) is 4.98 Å². The molecule has 0 spiro atoms. The number of amides is 1. The fourth-order valence-electron chi connectivity index (χ4n) is 4.89. The lowest BCUT2D eigenvalue weighted by atomic mass is 9.73. The van der Waals surface area contributed by atoms with Crippen molar-refractivity contribution in [3.8, 4) is 5.75 Å². The number of carbonyl (C=O) groups is 1. The number of hydrogen-bond acceptors (Lipinski definition) is 6. The van der Waals surface area contributed by atoms with Gasteiger partial charge in [-0.3, -0.25) is 9.78 Å². The van der Waals surface area contributed by atoms with Gasteiger partial charge in [0.1, 0.15) is 12.3 Å². The number of aromatic nitrogens is 1. The number of nitrogens with two attached hydrogens (primary N) is 1. The Balaban J connectivity index is 1.81. The number of hydrogen-bond donors (Lipinski definition) is 3. The van der Waals surface area contributed by atoms with Gasteiger partial charge in [-0.15, -0.1) is 0 Å². The average molecular weight is 501 g/mol. The lowest BCUT2D eigenvalue weighted by molar-refractivity contribution is -0.275. The van der Waals surface area contributed by atoms with Crippen molar-refractivity contribution in [3.63, 3.8) is 0 Å². The van der Waals surface area contributed by atoms with Crippen molar-refractivity contribution >= 4 is 11.6 Å². The molecule has 1 amide bonds. The predicted octanol–water partition coefficient (Wildman–Crippen LogP) is 3.79. The van der Waals surface area contributed by atoms with Crippen LogP contribution in [0.15, 0.2) is 30.5 Å².